The maximum absolute atomic E-state index is 6.22. The van der Waals surface area contributed by atoms with E-state index in [0.717, 1.165) is 36.0 Å². The first-order valence-corrected chi connectivity index (χ1v) is 8.45. The molecule has 3 atom stereocenters. The zero-order valence-electron chi connectivity index (χ0n) is 13.3. The highest BCUT2D eigenvalue weighted by Gasteiger charge is 2.25. The minimum absolute atomic E-state index is 0.364. The fraction of sp³-hybridized carbons (Fsp3) is 0.579. The largest absolute Gasteiger partial charge is 0.490 e. The van der Waals surface area contributed by atoms with Crippen molar-refractivity contribution in [1.29, 1.82) is 0 Å². The molecule has 1 aromatic rings. The van der Waals surface area contributed by atoms with E-state index in [1.807, 2.05) is 6.07 Å². The monoisotopic (exact) mass is 304 g/mol. The van der Waals surface area contributed by atoms with Gasteiger partial charge >= 0.3 is 0 Å². The van der Waals surface area contributed by atoms with Gasteiger partial charge in [-0.15, -0.1) is 11.6 Å². The van der Waals surface area contributed by atoms with E-state index in [9.17, 15) is 0 Å². The predicted octanol–water partition coefficient (Wildman–Crippen LogP) is 5.18. The van der Waals surface area contributed by atoms with Gasteiger partial charge in [-0.05, 0) is 61.8 Å². The highest BCUT2D eigenvalue weighted by molar-refractivity contribution is 6.18. The molecule has 0 saturated heterocycles. The van der Waals surface area contributed by atoms with Crippen LogP contribution in [-0.2, 0) is 0 Å². The molecule has 1 aromatic carbocycles. The molecule has 0 amide bonds. The standard InChI is InChI=1S/C19H25ClO/c1-14-7-9-18(13-15(14)2)21-19-10-8-17(12-16(19)3)6-4-5-11-20/h8,10,12,14-15,18H,5,7,9,11,13H2,1-3H3. The quantitative estimate of drug-likeness (QED) is 0.552. The van der Waals surface area contributed by atoms with Gasteiger partial charge in [-0.25, -0.2) is 0 Å². The van der Waals surface area contributed by atoms with E-state index in [1.54, 1.807) is 0 Å². The van der Waals surface area contributed by atoms with Gasteiger partial charge in [0.25, 0.3) is 0 Å². The van der Waals surface area contributed by atoms with Crippen LogP contribution in [0.4, 0.5) is 0 Å². The van der Waals surface area contributed by atoms with Crippen molar-refractivity contribution in [2.24, 2.45) is 11.8 Å². The Balaban J connectivity index is 2.00. The second-order valence-corrected chi connectivity index (χ2v) is 6.61. The molecule has 1 fully saturated rings. The van der Waals surface area contributed by atoms with Crippen molar-refractivity contribution < 1.29 is 4.74 Å². The van der Waals surface area contributed by atoms with E-state index in [-0.39, 0.29) is 0 Å². The first kappa shape index (κ1) is 16.2. The Morgan fingerprint density at radius 3 is 2.71 bits per heavy atom. The van der Waals surface area contributed by atoms with Crippen LogP contribution in [0.25, 0.3) is 0 Å². The number of alkyl halides is 1. The van der Waals surface area contributed by atoms with Gasteiger partial charge < -0.3 is 4.74 Å². The molecule has 114 valence electrons. The van der Waals surface area contributed by atoms with Crippen LogP contribution in [0.5, 0.6) is 5.75 Å². The van der Waals surface area contributed by atoms with Crippen molar-refractivity contribution in [2.75, 3.05) is 5.88 Å². The van der Waals surface area contributed by atoms with Crippen molar-refractivity contribution >= 4 is 11.6 Å². The molecule has 0 N–H and O–H groups in total. The van der Waals surface area contributed by atoms with E-state index >= 15 is 0 Å². The zero-order valence-corrected chi connectivity index (χ0v) is 14.0. The molecular weight excluding hydrogens is 280 g/mol. The fourth-order valence-electron chi connectivity index (χ4n) is 2.86. The van der Waals surface area contributed by atoms with E-state index in [0.29, 0.717) is 12.0 Å². The highest BCUT2D eigenvalue weighted by Crippen LogP contribution is 2.32. The molecule has 21 heavy (non-hydrogen) atoms. The molecule has 1 saturated carbocycles. The zero-order chi connectivity index (χ0) is 15.2. The van der Waals surface area contributed by atoms with Crippen LogP contribution in [-0.4, -0.2) is 12.0 Å². The molecule has 1 aliphatic carbocycles. The SMILES string of the molecule is Cc1cc(C#CCCCl)ccc1OC1CCC(C)C(C)C1. The molecule has 0 heterocycles. The van der Waals surface area contributed by atoms with Gasteiger partial charge in [-0.2, -0.15) is 0 Å². The molecule has 0 radical (unpaired) electrons. The molecule has 0 aromatic heterocycles. The third kappa shape index (κ3) is 4.68. The van der Waals surface area contributed by atoms with Gasteiger partial charge in [-0.1, -0.05) is 25.7 Å². The highest BCUT2D eigenvalue weighted by atomic mass is 35.5. The van der Waals surface area contributed by atoms with Gasteiger partial charge in [0.2, 0.25) is 0 Å². The predicted molar refractivity (Wildman–Crippen MR) is 90.0 cm³/mol. The van der Waals surface area contributed by atoms with Crippen molar-refractivity contribution in [1.82, 2.24) is 0 Å². The van der Waals surface area contributed by atoms with Gasteiger partial charge in [-0.3, -0.25) is 0 Å². The number of rotatable bonds is 3. The van der Waals surface area contributed by atoms with Crippen LogP contribution < -0.4 is 4.74 Å². The van der Waals surface area contributed by atoms with Crippen molar-refractivity contribution in [3.63, 3.8) is 0 Å². The molecule has 1 aliphatic rings. The van der Waals surface area contributed by atoms with E-state index in [4.69, 9.17) is 16.3 Å². The number of aryl methyl sites for hydroxylation is 1. The summed E-state index contributed by atoms with van der Waals surface area (Å²) in [7, 11) is 0. The number of ether oxygens (including phenoxy) is 1. The Kier molecular flexibility index (Phi) is 6.00. The van der Waals surface area contributed by atoms with E-state index in [1.165, 1.54) is 18.4 Å². The molecule has 3 unspecified atom stereocenters. The lowest BCUT2D eigenvalue weighted by molar-refractivity contribution is 0.1000. The molecule has 0 aliphatic heterocycles. The summed E-state index contributed by atoms with van der Waals surface area (Å²) in [5, 5.41) is 0. The maximum atomic E-state index is 6.22. The minimum atomic E-state index is 0.364. The lowest BCUT2D eigenvalue weighted by atomic mass is 9.80. The second-order valence-electron chi connectivity index (χ2n) is 6.23. The Hall–Kier alpha value is -1.13. The summed E-state index contributed by atoms with van der Waals surface area (Å²) in [5.41, 5.74) is 2.20. The van der Waals surface area contributed by atoms with Crippen LogP contribution in [0.2, 0.25) is 0 Å². The maximum Gasteiger partial charge on any atom is 0.122 e. The van der Waals surface area contributed by atoms with Crippen LogP contribution in [0, 0.1) is 30.6 Å². The summed E-state index contributed by atoms with van der Waals surface area (Å²) in [5.74, 6) is 9.38. The lowest BCUT2D eigenvalue weighted by Gasteiger charge is -2.32. The summed E-state index contributed by atoms with van der Waals surface area (Å²) in [6.45, 7) is 6.78. The average Bonchev–Trinajstić information content (AvgIpc) is 2.46. The molecule has 0 bridgehead atoms. The van der Waals surface area contributed by atoms with Crippen LogP contribution in [0.15, 0.2) is 18.2 Å². The Morgan fingerprint density at radius 1 is 1.24 bits per heavy atom. The van der Waals surface area contributed by atoms with Crippen LogP contribution >= 0.6 is 11.6 Å². The van der Waals surface area contributed by atoms with Crippen molar-refractivity contribution in [2.45, 2.75) is 52.6 Å². The number of hydrogen-bond donors (Lipinski definition) is 0. The fourth-order valence-corrected chi connectivity index (χ4v) is 2.95. The summed E-state index contributed by atoms with van der Waals surface area (Å²) in [6.07, 6.45) is 4.70. The van der Waals surface area contributed by atoms with E-state index in [2.05, 4.69) is 44.7 Å². The average molecular weight is 305 g/mol. The topological polar surface area (TPSA) is 9.23 Å². The molecule has 0 spiro atoms. The minimum Gasteiger partial charge on any atom is -0.490 e. The number of hydrogen-bond acceptors (Lipinski definition) is 1. The molecule has 2 heteroatoms. The van der Waals surface area contributed by atoms with Crippen molar-refractivity contribution in [3.05, 3.63) is 29.3 Å². The number of benzene rings is 1. The van der Waals surface area contributed by atoms with Crippen LogP contribution in [0.3, 0.4) is 0 Å². The first-order valence-electron chi connectivity index (χ1n) is 7.92. The second kappa shape index (κ2) is 7.76. The molecular formula is C19H25ClO. The van der Waals surface area contributed by atoms with Gasteiger partial charge in [0.1, 0.15) is 5.75 Å². The third-order valence-electron chi connectivity index (χ3n) is 4.47. The summed E-state index contributed by atoms with van der Waals surface area (Å²) >= 11 is 5.63. The smallest absolute Gasteiger partial charge is 0.122 e. The van der Waals surface area contributed by atoms with E-state index < -0.39 is 0 Å². The Morgan fingerprint density at radius 2 is 2.05 bits per heavy atom. The van der Waals surface area contributed by atoms with Gasteiger partial charge in [0, 0.05) is 17.9 Å². The third-order valence-corrected chi connectivity index (χ3v) is 4.66. The Bertz CT molecular complexity index is 526. The molecule has 2 rings (SSSR count). The first-order chi connectivity index (χ1) is 10.1. The number of halogens is 1. The summed E-state index contributed by atoms with van der Waals surface area (Å²) < 4.78 is 6.22. The lowest BCUT2D eigenvalue weighted by Crippen LogP contribution is -2.28. The summed E-state index contributed by atoms with van der Waals surface area (Å²) in [6, 6.07) is 6.20. The Labute approximate surface area is 134 Å². The summed E-state index contributed by atoms with van der Waals surface area (Å²) in [4.78, 5) is 0. The van der Waals surface area contributed by atoms with Crippen LogP contribution in [0.1, 0.15) is 50.7 Å². The normalized spacial score (nSPS) is 25.0. The molecule has 1 nitrogen and oxygen atoms in total. The van der Waals surface area contributed by atoms with Crippen molar-refractivity contribution in [3.8, 4) is 17.6 Å². The van der Waals surface area contributed by atoms with Gasteiger partial charge in [0.05, 0.1) is 6.10 Å². The van der Waals surface area contributed by atoms with Gasteiger partial charge in [0.15, 0.2) is 0 Å².